The third-order valence-electron chi connectivity index (χ3n) is 3.46. The van der Waals surface area contributed by atoms with Crippen LogP contribution in [0.5, 0.6) is 5.75 Å². The zero-order valence-electron chi connectivity index (χ0n) is 12.4. The molecule has 2 aromatic rings. The summed E-state index contributed by atoms with van der Waals surface area (Å²) in [7, 11) is 1.42. The number of methoxy groups -OCH3 is 1. The molecule has 2 nitrogen and oxygen atoms in total. The van der Waals surface area contributed by atoms with Gasteiger partial charge in [0.15, 0.2) is 11.6 Å². The van der Waals surface area contributed by atoms with Crippen LogP contribution in [0.4, 0.5) is 4.39 Å². The van der Waals surface area contributed by atoms with Gasteiger partial charge >= 0.3 is 0 Å². The van der Waals surface area contributed by atoms with Crippen LogP contribution in [-0.4, -0.2) is 12.9 Å². The van der Waals surface area contributed by atoms with Gasteiger partial charge in [-0.1, -0.05) is 42.0 Å². The first-order valence-electron chi connectivity index (χ1n) is 6.99. The van der Waals surface area contributed by atoms with Crippen molar-refractivity contribution in [1.29, 1.82) is 0 Å². The predicted octanol–water partition coefficient (Wildman–Crippen LogP) is 3.89. The van der Waals surface area contributed by atoms with E-state index < -0.39 is 5.82 Å². The molecule has 3 heteroatoms. The minimum absolute atomic E-state index is 0.0303. The van der Waals surface area contributed by atoms with Crippen molar-refractivity contribution >= 4 is 5.78 Å². The van der Waals surface area contributed by atoms with E-state index in [9.17, 15) is 9.18 Å². The smallest absolute Gasteiger partial charge is 0.168 e. The number of carbonyl (C=O) groups excluding carboxylic acids is 1. The predicted molar refractivity (Wildman–Crippen MR) is 81.2 cm³/mol. The summed E-state index contributed by atoms with van der Waals surface area (Å²) < 4.78 is 18.9. The van der Waals surface area contributed by atoms with Crippen molar-refractivity contribution in [2.24, 2.45) is 0 Å². The molecule has 0 saturated carbocycles. The Morgan fingerprint density at radius 3 is 2.52 bits per heavy atom. The van der Waals surface area contributed by atoms with Crippen LogP contribution in [0.1, 0.15) is 23.1 Å². The van der Waals surface area contributed by atoms with Crippen LogP contribution >= 0.6 is 0 Å². The highest BCUT2D eigenvalue weighted by molar-refractivity contribution is 5.81. The summed E-state index contributed by atoms with van der Waals surface area (Å²) in [5.41, 5.74) is 2.71. The number of Topliss-reactive ketones (excluding diaryl/α,β-unsaturated/α-hetero) is 1. The Morgan fingerprint density at radius 2 is 1.86 bits per heavy atom. The molecule has 0 fully saturated rings. The largest absolute Gasteiger partial charge is 0.494 e. The molecule has 110 valence electrons. The van der Waals surface area contributed by atoms with Crippen molar-refractivity contribution in [2.45, 2.75) is 26.2 Å². The van der Waals surface area contributed by atoms with Gasteiger partial charge in [0.25, 0.3) is 0 Å². The van der Waals surface area contributed by atoms with Gasteiger partial charge in [0.1, 0.15) is 5.78 Å². The number of ketones is 1. The van der Waals surface area contributed by atoms with Crippen LogP contribution in [0, 0.1) is 12.7 Å². The number of halogens is 1. The fourth-order valence-electron chi connectivity index (χ4n) is 2.19. The second kappa shape index (κ2) is 7.02. The van der Waals surface area contributed by atoms with Gasteiger partial charge in [0, 0.05) is 12.8 Å². The number of carbonyl (C=O) groups is 1. The van der Waals surface area contributed by atoms with E-state index in [4.69, 9.17) is 4.74 Å². The minimum Gasteiger partial charge on any atom is -0.494 e. The Balaban J connectivity index is 1.94. The standard InChI is InChI=1S/C18H19FO2/c1-13-6-8-14(9-7-13)10-11-16(20)12-15-4-3-5-17(21-2)18(15)19/h3-9H,10-12H2,1-2H3. The first kappa shape index (κ1) is 15.2. The summed E-state index contributed by atoms with van der Waals surface area (Å²) in [5.74, 6) is -0.231. The second-order valence-corrected chi connectivity index (χ2v) is 5.13. The van der Waals surface area contributed by atoms with Crippen molar-refractivity contribution in [2.75, 3.05) is 7.11 Å². The third kappa shape index (κ3) is 4.15. The Morgan fingerprint density at radius 1 is 1.14 bits per heavy atom. The number of benzene rings is 2. The summed E-state index contributed by atoms with van der Waals surface area (Å²) in [4.78, 5) is 12.0. The molecule has 0 radical (unpaired) electrons. The van der Waals surface area contributed by atoms with E-state index in [2.05, 4.69) is 0 Å². The lowest BCUT2D eigenvalue weighted by atomic mass is 10.0. The van der Waals surface area contributed by atoms with Gasteiger partial charge in [-0.05, 0) is 30.5 Å². The van der Waals surface area contributed by atoms with Crippen molar-refractivity contribution in [3.8, 4) is 5.75 Å². The summed E-state index contributed by atoms with van der Waals surface area (Å²) in [6.07, 6.45) is 1.21. The van der Waals surface area contributed by atoms with Gasteiger partial charge < -0.3 is 4.74 Å². The summed E-state index contributed by atoms with van der Waals surface area (Å²) in [6.45, 7) is 2.03. The lowest BCUT2D eigenvalue weighted by molar-refractivity contribution is -0.118. The summed E-state index contributed by atoms with van der Waals surface area (Å²) in [6, 6.07) is 13.0. The SMILES string of the molecule is COc1cccc(CC(=O)CCc2ccc(C)cc2)c1F. The second-order valence-electron chi connectivity index (χ2n) is 5.13. The van der Waals surface area contributed by atoms with Crippen molar-refractivity contribution < 1.29 is 13.9 Å². The molecule has 0 amide bonds. The molecular formula is C18H19FO2. The molecule has 0 saturated heterocycles. The fraction of sp³-hybridized carbons (Fsp3) is 0.278. The van der Waals surface area contributed by atoms with Crippen LogP contribution < -0.4 is 4.74 Å². The number of hydrogen-bond acceptors (Lipinski definition) is 2. The van der Waals surface area contributed by atoms with Gasteiger partial charge in [0.05, 0.1) is 7.11 Å². The molecule has 0 heterocycles. The van der Waals surface area contributed by atoms with Gasteiger partial charge in [-0.15, -0.1) is 0 Å². The molecule has 0 atom stereocenters. The van der Waals surface area contributed by atoms with Crippen LogP contribution in [-0.2, 0) is 17.6 Å². The van der Waals surface area contributed by atoms with Crippen molar-refractivity contribution in [1.82, 2.24) is 0 Å². The molecule has 21 heavy (non-hydrogen) atoms. The highest BCUT2D eigenvalue weighted by Gasteiger charge is 2.12. The van der Waals surface area contributed by atoms with Crippen LogP contribution in [0.2, 0.25) is 0 Å². The maximum atomic E-state index is 14.0. The molecule has 0 N–H and O–H groups in total. The monoisotopic (exact) mass is 286 g/mol. The van der Waals surface area contributed by atoms with E-state index in [1.165, 1.54) is 12.7 Å². The van der Waals surface area contributed by atoms with E-state index in [1.807, 2.05) is 31.2 Å². The number of aryl methyl sites for hydroxylation is 2. The van der Waals surface area contributed by atoms with E-state index in [0.717, 1.165) is 5.56 Å². The Kier molecular flexibility index (Phi) is 5.09. The molecule has 2 aromatic carbocycles. The molecule has 0 aliphatic heterocycles. The molecule has 0 bridgehead atoms. The van der Waals surface area contributed by atoms with Gasteiger partial charge in [0.2, 0.25) is 0 Å². The molecule has 0 aliphatic carbocycles. The highest BCUT2D eigenvalue weighted by Crippen LogP contribution is 2.21. The lowest BCUT2D eigenvalue weighted by Crippen LogP contribution is -2.06. The van der Waals surface area contributed by atoms with Crippen molar-refractivity contribution in [3.63, 3.8) is 0 Å². The number of rotatable bonds is 6. The van der Waals surface area contributed by atoms with Gasteiger partial charge in [-0.2, -0.15) is 0 Å². The lowest BCUT2D eigenvalue weighted by Gasteiger charge is -2.07. The van der Waals surface area contributed by atoms with E-state index in [1.54, 1.807) is 18.2 Å². The zero-order valence-corrected chi connectivity index (χ0v) is 12.4. The normalized spacial score (nSPS) is 10.4. The molecule has 0 aromatic heterocycles. The molecule has 0 spiro atoms. The maximum Gasteiger partial charge on any atom is 0.168 e. The first-order chi connectivity index (χ1) is 10.1. The summed E-state index contributed by atoms with van der Waals surface area (Å²) in [5, 5.41) is 0. The molecular weight excluding hydrogens is 267 g/mol. The topological polar surface area (TPSA) is 26.3 Å². The molecule has 2 rings (SSSR count). The van der Waals surface area contributed by atoms with E-state index in [0.29, 0.717) is 18.4 Å². The van der Waals surface area contributed by atoms with Crippen molar-refractivity contribution in [3.05, 3.63) is 65.0 Å². The van der Waals surface area contributed by atoms with Crippen LogP contribution in [0.25, 0.3) is 0 Å². The Hall–Kier alpha value is -2.16. The first-order valence-corrected chi connectivity index (χ1v) is 6.99. The van der Waals surface area contributed by atoms with Crippen LogP contribution in [0.3, 0.4) is 0 Å². The maximum absolute atomic E-state index is 14.0. The van der Waals surface area contributed by atoms with Gasteiger partial charge in [-0.25, -0.2) is 4.39 Å². The fourth-order valence-corrected chi connectivity index (χ4v) is 2.19. The Bertz CT molecular complexity index is 618. The van der Waals surface area contributed by atoms with Gasteiger partial charge in [-0.3, -0.25) is 4.79 Å². The zero-order chi connectivity index (χ0) is 15.2. The quantitative estimate of drug-likeness (QED) is 0.805. The van der Waals surface area contributed by atoms with Crippen LogP contribution in [0.15, 0.2) is 42.5 Å². The highest BCUT2D eigenvalue weighted by atomic mass is 19.1. The Labute approximate surface area is 124 Å². The van der Waals surface area contributed by atoms with E-state index in [-0.39, 0.29) is 18.0 Å². The third-order valence-corrected chi connectivity index (χ3v) is 3.46. The average molecular weight is 286 g/mol. The van der Waals surface area contributed by atoms with E-state index >= 15 is 0 Å². The number of ether oxygens (including phenoxy) is 1. The number of hydrogen-bond donors (Lipinski definition) is 0. The molecule has 0 unspecified atom stereocenters. The average Bonchev–Trinajstić information content (AvgIpc) is 2.49. The minimum atomic E-state index is -0.441. The summed E-state index contributed by atoms with van der Waals surface area (Å²) >= 11 is 0. The molecule has 0 aliphatic rings.